The molecule has 0 saturated carbocycles. The van der Waals surface area contributed by atoms with E-state index in [1.807, 2.05) is 47.9 Å². The van der Waals surface area contributed by atoms with E-state index in [-0.39, 0.29) is 5.82 Å². The smallest absolute Gasteiger partial charge is 0.137 e. The largest absolute Gasteiger partial charge is 0.206 e. The van der Waals surface area contributed by atoms with Crippen LogP contribution in [0.1, 0.15) is 5.56 Å². The molecule has 0 aliphatic heterocycles. The fourth-order valence-corrected chi connectivity index (χ4v) is 2.00. The van der Waals surface area contributed by atoms with Gasteiger partial charge in [-0.15, -0.1) is 0 Å². The van der Waals surface area contributed by atoms with Gasteiger partial charge in [-0.2, -0.15) is 0 Å². The highest BCUT2D eigenvalue weighted by Gasteiger charge is 1.97. The van der Waals surface area contributed by atoms with Crippen LogP contribution in [-0.2, 0) is 0 Å². The number of halogens is 1. The highest BCUT2D eigenvalue weighted by molar-refractivity contribution is 8.02. The van der Waals surface area contributed by atoms with Gasteiger partial charge in [0.15, 0.2) is 0 Å². The first-order valence-electron chi connectivity index (χ1n) is 4.99. The Morgan fingerprint density at radius 2 is 1.56 bits per heavy atom. The topological polar surface area (TPSA) is 0 Å². The molecule has 0 aliphatic carbocycles. The fraction of sp³-hybridized carbons (Fsp3) is 0. The van der Waals surface area contributed by atoms with E-state index < -0.39 is 0 Å². The third kappa shape index (κ3) is 2.97. The van der Waals surface area contributed by atoms with Crippen molar-refractivity contribution in [1.82, 2.24) is 0 Å². The summed E-state index contributed by atoms with van der Waals surface area (Å²) >= 11 is 1.39. The monoisotopic (exact) mass is 230 g/mol. The number of hydrogen-bond acceptors (Lipinski definition) is 1. The summed E-state index contributed by atoms with van der Waals surface area (Å²) in [5.74, 6) is -0.176. The zero-order valence-electron chi connectivity index (χ0n) is 8.64. The predicted octanol–water partition coefficient (Wildman–Crippen LogP) is 4.59. The van der Waals surface area contributed by atoms with Gasteiger partial charge in [-0.1, -0.05) is 54.2 Å². The Balaban J connectivity index is 2.03. The molecule has 0 unspecified atom stereocenters. The summed E-state index contributed by atoms with van der Waals surface area (Å²) in [6.45, 7) is 0. The first kappa shape index (κ1) is 11.0. The molecule has 2 aromatic carbocycles. The van der Waals surface area contributed by atoms with Gasteiger partial charge in [0.05, 0.1) is 0 Å². The van der Waals surface area contributed by atoms with Gasteiger partial charge in [0, 0.05) is 4.90 Å². The summed E-state index contributed by atoms with van der Waals surface area (Å²) in [5, 5.41) is 1.90. The summed E-state index contributed by atoms with van der Waals surface area (Å²) in [4.78, 5) is 0.648. The maximum Gasteiger partial charge on any atom is 0.137 e. The third-order valence-corrected chi connectivity index (χ3v) is 2.95. The van der Waals surface area contributed by atoms with Crippen LogP contribution >= 0.6 is 11.8 Å². The average Bonchev–Trinajstić information content (AvgIpc) is 2.33. The van der Waals surface area contributed by atoms with Crippen LogP contribution in [0.4, 0.5) is 4.39 Å². The van der Waals surface area contributed by atoms with Crippen molar-refractivity contribution in [3.05, 3.63) is 71.4 Å². The van der Waals surface area contributed by atoms with E-state index in [0.29, 0.717) is 4.90 Å². The minimum Gasteiger partial charge on any atom is -0.206 e. The molecule has 0 bridgehead atoms. The zero-order valence-corrected chi connectivity index (χ0v) is 9.45. The van der Waals surface area contributed by atoms with Crippen molar-refractivity contribution in [2.45, 2.75) is 4.90 Å². The maximum absolute atomic E-state index is 13.3. The lowest BCUT2D eigenvalue weighted by Gasteiger charge is -1.97. The van der Waals surface area contributed by atoms with Gasteiger partial charge in [0.1, 0.15) is 5.82 Å². The molecule has 0 N–H and O–H groups in total. The molecule has 2 heteroatoms. The van der Waals surface area contributed by atoms with Gasteiger partial charge < -0.3 is 0 Å². The van der Waals surface area contributed by atoms with Gasteiger partial charge in [-0.25, -0.2) is 4.39 Å². The molecule has 0 heterocycles. The number of rotatable bonds is 3. The highest BCUT2D eigenvalue weighted by atomic mass is 32.2. The molecule has 0 atom stereocenters. The van der Waals surface area contributed by atoms with Crippen molar-refractivity contribution in [3.63, 3.8) is 0 Å². The Morgan fingerprint density at radius 3 is 2.31 bits per heavy atom. The van der Waals surface area contributed by atoms with Crippen LogP contribution in [0.3, 0.4) is 0 Å². The molecule has 0 radical (unpaired) electrons. The quantitative estimate of drug-likeness (QED) is 0.695. The van der Waals surface area contributed by atoms with E-state index in [9.17, 15) is 4.39 Å². The van der Waals surface area contributed by atoms with Crippen LogP contribution in [-0.4, -0.2) is 0 Å². The Kier molecular flexibility index (Phi) is 3.78. The van der Waals surface area contributed by atoms with Crippen LogP contribution < -0.4 is 0 Å². The van der Waals surface area contributed by atoms with E-state index in [0.717, 1.165) is 5.56 Å². The molecule has 0 nitrogen and oxygen atoms in total. The van der Waals surface area contributed by atoms with Crippen LogP contribution in [0.5, 0.6) is 0 Å². The first-order chi connectivity index (χ1) is 7.86. The minimum absolute atomic E-state index is 0.176. The molecule has 80 valence electrons. The third-order valence-electron chi connectivity index (χ3n) is 2.09. The normalized spacial score (nSPS) is 10.8. The van der Waals surface area contributed by atoms with Gasteiger partial charge in [0.25, 0.3) is 0 Å². The van der Waals surface area contributed by atoms with Crippen molar-refractivity contribution in [1.29, 1.82) is 0 Å². The van der Waals surface area contributed by atoms with Gasteiger partial charge in [-0.3, -0.25) is 0 Å². The van der Waals surface area contributed by atoms with Crippen molar-refractivity contribution in [2.75, 3.05) is 0 Å². The van der Waals surface area contributed by atoms with Crippen LogP contribution in [0.25, 0.3) is 6.08 Å². The standard InChI is InChI=1S/C14H11FS/c15-13-8-4-5-9-14(13)16-11-10-12-6-2-1-3-7-12/h1-11H/b11-10+. The Labute approximate surface area is 98.8 Å². The fourth-order valence-electron chi connectivity index (χ4n) is 1.29. The van der Waals surface area contributed by atoms with Crippen molar-refractivity contribution < 1.29 is 4.39 Å². The summed E-state index contributed by atoms with van der Waals surface area (Å²) in [6.07, 6.45) is 1.97. The molecule has 0 aliphatic rings. The lowest BCUT2D eigenvalue weighted by Crippen LogP contribution is -1.76. The molecule has 16 heavy (non-hydrogen) atoms. The summed E-state index contributed by atoms with van der Waals surface area (Å²) in [6, 6.07) is 16.7. The number of benzene rings is 2. The second kappa shape index (κ2) is 5.52. The second-order valence-electron chi connectivity index (χ2n) is 3.26. The van der Waals surface area contributed by atoms with Crippen LogP contribution in [0.2, 0.25) is 0 Å². The molecular formula is C14H11FS. The lowest BCUT2D eigenvalue weighted by molar-refractivity contribution is 0.602. The van der Waals surface area contributed by atoms with Crippen LogP contribution in [0, 0.1) is 5.82 Å². The van der Waals surface area contributed by atoms with Crippen molar-refractivity contribution >= 4 is 17.8 Å². The molecule has 0 aromatic heterocycles. The van der Waals surface area contributed by atoms with E-state index in [1.54, 1.807) is 12.1 Å². The summed E-state index contributed by atoms with van der Waals surface area (Å²) in [5.41, 5.74) is 1.12. The van der Waals surface area contributed by atoms with Gasteiger partial charge in [0.2, 0.25) is 0 Å². The zero-order chi connectivity index (χ0) is 11.2. The van der Waals surface area contributed by atoms with Gasteiger partial charge in [-0.05, 0) is 29.2 Å². The molecule has 2 rings (SSSR count). The molecule has 0 amide bonds. The summed E-state index contributed by atoms with van der Waals surface area (Å²) < 4.78 is 13.3. The van der Waals surface area contributed by atoms with Crippen LogP contribution in [0.15, 0.2) is 64.9 Å². The number of thioether (sulfide) groups is 1. The van der Waals surface area contributed by atoms with E-state index in [1.165, 1.54) is 17.8 Å². The average molecular weight is 230 g/mol. The molecule has 0 saturated heterocycles. The Hall–Kier alpha value is -1.54. The maximum atomic E-state index is 13.3. The van der Waals surface area contributed by atoms with Crippen molar-refractivity contribution in [3.8, 4) is 0 Å². The Morgan fingerprint density at radius 1 is 0.875 bits per heavy atom. The SMILES string of the molecule is Fc1ccccc1S/C=C/c1ccccc1. The highest BCUT2D eigenvalue weighted by Crippen LogP contribution is 2.22. The lowest BCUT2D eigenvalue weighted by atomic mass is 10.2. The van der Waals surface area contributed by atoms with E-state index in [4.69, 9.17) is 0 Å². The first-order valence-corrected chi connectivity index (χ1v) is 5.87. The summed E-state index contributed by atoms with van der Waals surface area (Å²) in [7, 11) is 0. The molecule has 0 spiro atoms. The van der Waals surface area contributed by atoms with E-state index in [2.05, 4.69) is 0 Å². The van der Waals surface area contributed by atoms with Gasteiger partial charge >= 0.3 is 0 Å². The van der Waals surface area contributed by atoms with Crippen molar-refractivity contribution in [2.24, 2.45) is 0 Å². The number of hydrogen-bond donors (Lipinski definition) is 0. The second-order valence-corrected chi connectivity index (χ2v) is 4.21. The predicted molar refractivity (Wildman–Crippen MR) is 67.7 cm³/mol. The van der Waals surface area contributed by atoms with E-state index >= 15 is 0 Å². The molecular weight excluding hydrogens is 219 g/mol. The molecule has 0 fully saturated rings. The molecule has 2 aromatic rings. The Bertz CT molecular complexity index is 477. The minimum atomic E-state index is -0.176.